The normalized spacial score (nSPS) is 11.0. The maximum Gasteiger partial charge on any atom is 0.208 e. The molecule has 0 atom stereocenters. The minimum absolute atomic E-state index is 0.192. The zero-order valence-electron chi connectivity index (χ0n) is 17.6. The van der Waals surface area contributed by atoms with Crippen molar-refractivity contribution in [1.82, 2.24) is 4.57 Å². The molecule has 6 heteroatoms. The molecule has 0 aliphatic heterocycles. The predicted octanol–water partition coefficient (Wildman–Crippen LogP) is 4.60. The van der Waals surface area contributed by atoms with E-state index in [9.17, 15) is 4.79 Å². The van der Waals surface area contributed by atoms with Crippen LogP contribution in [0.1, 0.15) is 15.9 Å². The summed E-state index contributed by atoms with van der Waals surface area (Å²) in [6, 6.07) is 15.5. The monoisotopic (exact) mass is 405 g/mol. The number of methoxy groups -OCH3 is 4. The number of carbonyl (C=O) groups excluding carboxylic acids is 1. The number of ketones is 1. The average Bonchev–Trinajstić information content (AvgIpc) is 3.09. The van der Waals surface area contributed by atoms with Crippen molar-refractivity contribution in [2.45, 2.75) is 0 Å². The molecule has 154 valence electrons. The van der Waals surface area contributed by atoms with Crippen molar-refractivity contribution < 1.29 is 23.7 Å². The lowest BCUT2D eigenvalue weighted by Crippen LogP contribution is -2.09. The van der Waals surface area contributed by atoms with E-state index in [1.807, 2.05) is 48.0 Å². The molecule has 30 heavy (non-hydrogen) atoms. The summed E-state index contributed by atoms with van der Waals surface area (Å²) in [6.45, 7) is 0. The van der Waals surface area contributed by atoms with Crippen molar-refractivity contribution in [3.63, 3.8) is 0 Å². The van der Waals surface area contributed by atoms with Gasteiger partial charge in [-0.3, -0.25) is 4.79 Å². The maximum absolute atomic E-state index is 13.8. The van der Waals surface area contributed by atoms with E-state index >= 15 is 0 Å². The van der Waals surface area contributed by atoms with E-state index in [1.165, 1.54) is 28.4 Å². The smallest absolute Gasteiger partial charge is 0.208 e. The largest absolute Gasteiger partial charge is 0.493 e. The van der Waals surface area contributed by atoms with Crippen LogP contribution >= 0.6 is 0 Å². The van der Waals surface area contributed by atoms with Crippen LogP contribution in [0.2, 0.25) is 0 Å². The van der Waals surface area contributed by atoms with Crippen molar-refractivity contribution in [1.29, 1.82) is 0 Å². The predicted molar refractivity (Wildman–Crippen MR) is 117 cm³/mol. The van der Waals surface area contributed by atoms with E-state index < -0.39 is 0 Å². The Morgan fingerprint density at radius 2 is 1.40 bits per heavy atom. The zero-order valence-corrected chi connectivity index (χ0v) is 17.6. The zero-order chi connectivity index (χ0) is 21.4. The molecule has 0 radical (unpaired) electrons. The number of hydrogen-bond donors (Lipinski definition) is 0. The van der Waals surface area contributed by atoms with Gasteiger partial charge in [0.05, 0.1) is 39.5 Å². The Kier molecular flexibility index (Phi) is 4.99. The molecule has 0 unspecified atom stereocenters. The lowest BCUT2D eigenvalue weighted by atomic mass is 9.98. The number of ether oxygens (including phenoxy) is 4. The number of rotatable bonds is 6. The summed E-state index contributed by atoms with van der Waals surface area (Å²) >= 11 is 0. The van der Waals surface area contributed by atoms with Crippen molar-refractivity contribution >= 4 is 27.6 Å². The lowest BCUT2D eigenvalue weighted by Gasteiger charge is -2.18. The van der Waals surface area contributed by atoms with Crippen LogP contribution in [0, 0.1) is 0 Å². The van der Waals surface area contributed by atoms with Gasteiger partial charge in [0.2, 0.25) is 11.5 Å². The highest BCUT2D eigenvalue weighted by Crippen LogP contribution is 2.47. The van der Waals surface area contributed by atoms with Gasteiger partial charge in [-0.2, -0.15) is 0 Å². The molecule has 0 saturated carbocycles. The number of benzene rings is 3. The second-order valence-electron chi connectivity index (χ2n) is 6.83. The van der Waals surface area contributed by atoms with Crippen molar-refractivity contribution in [3.05, 3.63) is 59.7 Å². The molecule has 0 aliphatic carbocycles. The summed E-state index contributed by atoms with van der Waals surface area (Å²) in [7, 11) is 7.99. The maximum atomic E-state index is 13.8. The van der Waals surface area contributed by atoms with Crippen LogP contribution in [0.15, 0.2) is 48.5 Å². The number of hydrogen-bond acceptors (Lipinski definition) is 5. The Balaban J connectivity index is 2.02. The fraction of sp³-hybridized carbons (Fsp3) is 0.208. The molecule has 0 saturated heterocycles. The van der Waals surface area contributed by atoms with Gasteiger partial charge in [-0.1, -0.05) is 30.3 Å². The first-order valence-corrected chi connectivity index (χ1v) is 9.45. The van der Waals surface area contributed by atoms with Crippen LogP contribution in [0.25, 0.3) is 21.8 Å². The first-order chi connectivity index (χ1) is 14.6. The molecule has 3 aromatic carbocycles. The van der Waals surface area contributed by atoms with E-state index in [2.05, 4.69) is 6.07 Å². The van der Waals surface area contributed by atoms with Crippen LogP contribution in [0.4, 0.5) is 0 Å². The number of para-hydroxylation sites is 2. The minimum Gasteiger partial charge on any atom is -0.493 e. The lowest BCUT2D eigenvalue weighted by molar-refractivity contribution is 0.103. The van der Waals surface area contributed by atoms with Gasteiger partial charge >= 0.3 is 0 Å². The first-order valence-electron chi connectivity index (χ1n) is 9.45. The van der Waals surface area contributed by atoms with E-state index in [-0.39, 0.29) is 5.78 Å². The number of carbonyl (C=O) groups is 1. The molecule has 0 bridgehead atoms. The molecule has 0 amide bonds. The topological polar surface area (TPSA) is 58.9 Å². The summed E-state index contributed by atoms with van der Waals surface area (Å²) < 4.78 is 24.0. The number of aryl methyl sites for hydroxylation is 1. The number of nitrogens with zero attached hydrogens (tertiary/aromatic N) is 1. The van der Waals surface area contributed by atoms with Gasteiger partial charge in [0.15, 0.2) is 17.3 Å². The minimum atomic E-state index is -0.192. The third kappa shape index (κ3) is 2.76. The molecular weight excluding hydrogens is 382 g/mol. The fourth-order valence-corrected chi connectivity index (χ4v) is 4.07. The summed E-state index contributed by atoms with van der Waals surface area (Å²) in [6.07, 6.45) is 0. The summed E-state index contributed by atoms with van der Waals surface area (Å²) in [5, 5.41) is 2.12. The van der Waals surface area contributed by atoms with Gasteiger partial charge in [-0.25, -0.2) is 0 Å². The third-order valence-electron chi connectivity index (χ3n) is 5.40. The molecule has 0 N–H and O–H groups in total. The Hall–Kier alpha value is -3.67. The van der Waals surface area contributed by atoms with Gasteiger partial charge in [0.25, 0.3) is 0 Å². The number of aromatic nitrogens is 1. The summed E-state index contributed by atoms with van der Waals surface area (Å²) in [5.74, 6) is 1.18. The van der Waals surface area contributed by atoms with Gasteiger partial charge in [0.1, 0.15) is 0 Å². The third-order valence-corrected chi connectivity index (χ3v) is 5.40. The molecule has 1 aromatic heterocycles. The molecule has 0 spiro atoms. The number of fused-ring (bicyclic) bond motifs is 3. The summed E-state index contributed by atoms with van der Waals surface area (Å²) in [4.78, 5) is 13.8. The van der Waals surface area contributed by atoms with Gasteiger partial charge in [-0.15, -0.1) is 0 Å². The van der Waals surface area contributed by atoms with Crippen LogP contribution in [-0.2, 0) is 7.05 Å². The Morgan fingerprint density at radius 1 is 0.733 bits per heavy atom. The average molecular weight is 405 g/mol. The van der Waals surface area contributed by atoms with Crippen LogP contribution < -0.4 is 18.9 Å². The highest BCUT2D eigenvalue weighted by Gasteiger charge is 2.27. The molecular formula is C24H23NO5. The molecule has 4 rings (SSSR count). The van der Waals surface area contributed by atoms with Crippen LogP contribution in [0.5, 0.6) is 23.0 Å². The van der Waals surface area contributed by atoms with E-state index in [1.54, 1.807) is 6.07 Å². The quantitative estimate of drug-likeness (QED) is 0.439. The van der Waals surface area contributed by atoms with Gasteiger partial charge in [-0.05, 0) is 18.2 Å². The molecule has 4 aromatic rings. The molecule has 0 aliphatic rings. The SMILES string of the molecule is COc1cc(C(=O)c2cccc3c4ccccc4n(C)c23)c(OC)c(OC)c1OC. The van der Waals surface area contributed by atoms with Crippen LogP contribution in [0.3, 0.4) is 0 Å². The van der Waals surface area contributed by atoms with Gasteiger partial charge in [0, 0.05) is 28.9 Å². The first kappa shape index (κ1) is 19.6. The van der Waals surface area contributed by atoms with Crippen molar-refractivity contribution in [3.8, 4) is 23.0 Å². The standard InChI is InChI=1S/C24H23NO5/c1-25-18-12-7-6-9-14(18)15-10-8-11-16(20(15)25)21(26)17-13-19(27-2)23(29-4)24(30-5)22(17)28-3/h6-13H,1-5H3. The second kappa shape index (κ2) is 7.63. The Labute approximate surface area is 174 Å². The van der Waals surface area contributed by atoms with Gasteiger partial charge < -0.3 is 23.5 Å². The molecule has 1 heterocycles. The Bertz CT molecular complexity index is 1270. The molecule has 6 nitrogen and oxygen atoms in total. The Morgan fingerprint density at radius 3 is 2.07 bits per heavy atom. The summed E-state index contributed by atoms with van der Waals surface area (Å²) in [5.41, 5.74) is 2.83. The van der Waals surface area contributed by atoms with Crippen molar-refractivity contribution in [2.75, 3.05) is 28.4 Å². The fourth-order valence-electron chi connectivity index (χ4n) is 4.07. The highest BCUT2D eigenvalue weighted by atomic mass is 16.5. The van der Waals surface area contributed by atoms with E-state index in [0.29, 0.717) is 34.1 Å². The van der Waals surface area contributed by atoms with E-state index in [0.717, 1.165) is 21.8 Å². The van der Waals surface area contributed by atoms with Crippen molar-refractivity contribution in [2.24, 2.45) is 7.05 Å². The second-order valence-corrected chi connectivity index (χ2v) is 6.83. The van der Waals surface area contributed by atoms with E-state index in [4.69, 9.17) is 18.9 Å². The van der Waals surface area contributed by atoms with Crippen LogP contribution in [-0.4, -0.2) is 38.8 Å². The highest BCUT2D eigenvalue weighted by molar-refractivity contribution is 6.21. The molecule has 0 fully saturated rings.